The summed E-state index contributed by atoms with van der Waals surface area (Å²) >= 11 is 6.34. The van der Waals surface area contributed by atoms with Crippen molar-refractivity contribution in [2.24, 2.45) is 0 Å². The lowest BCUT2D eigenvalue weighted by Gasteiger charge is -2.16. The topological polar surface area (TPSA) is 105 Å². The molecule has 0 bridgehead atoms. The zero-order valence-electron chi connectivity index (χ0n) is 19.3. The number of nitrogens with one attached hydrogen (secondary N) is 2. The highest BCUT2D eigenvalue weighted by Crippen LogP contribution is 2.39. The van der Waals surface area contributed by atoms with Crippen molar-refractivity contribution >= 4 is 59.0 Å². The van der Waals surface area contributed by atoms with Crippen LogP contribution in [-0.2, 0) is 4.57 Å². The lowest BCUT2D eigenvalue weighted by molar-refractivity contribution is 0.416. The van der Waals surface area contributed by atoms with E-state index in [1.165, 1.54) is 6.20 Å². The molecule has 3 rings (SSSR count). The van der Waals surface area contributed by atoms with E-state index in [2.05, 4.69) is 20.6 Å². The van der Waals surface area contributed by atoms with Crippen molar-refractivity contribution in [1.29, 1.82) is 0 Å². The van der Waals surface area contributed by atoms with Crippen LogP contribution in [0.1, 0.15) is 5.56 Å². The Bertz CT molecular complexity index is 1230. The number of methoxy groups -OCH3 is 1. The number of nitrogens with zero attached hydrogens (tertiary/aromatic N) is 3. The zero-order chi connectivity index (χ0) is 24.2. The van der Waals surface area contributed by atoms with Crippen molar-refractivity contribution in [2.45, 2.75) is 0 Å². The van der Waals surface area contributed by atoms with E-state index in [0.717, 1.165) is 5.56 Å². The molecule has 0 unspecified atom stereocenters. The van der Waals surface area contributed by atoms with Gasteiger partial charge in [0.15, 0.2) is 5.82 Å². The Kier molecular flexibility index (Phi) is 7.51. The summed E-state index contributed by atoms with van der Waals surface area (Å²) in [6.07, 6.45) is 5.30. The maximum Gasteiger partial charge on any atom is 0.229 e. The first-order valence-electron chi connectivity index (χ1n) is 10.1. The van der Waals surface area contributed by atoms with Crippen LogP contribution in [0, 0.1) is 0 Å². The van der Waals surface area contributed by atoms with Gasteiger partial charge in [0.05, 0.1) is 24.7 Å². The van der Waals surface area contributed by atoms with Gasteiger partial charge in [-0.1, -0.05) is 23.7 Å². The largest absolute Gasteiger partial charge is 0.495 e. The molecule has 0 spiro atoms. The molecule has 0 aliphatic heterocycles. The first kappa shape index (κ1) is 24.4. The summed E-state index contributed by atoms with van der Waals surface area (Å²) in [5, 5.41) is 7.36. The molecule has 0 fully saturated rings. The predicted molar refractivity (Wildman–Crippen MR) is 139 cm³/mol. The smallest absolute Gasteiger partial charge is 0.229 e. The number of hydrogen-bond acceptors (Lipinski definition) is 8. The second-order valence-corrected chi connectivity index (χ2v) is 11.6. The van der Waals surface area contributed by atoms with Crippen LogP contribution < -0.4 is 26.4 Å². The van der Waals surface area contributed by atoms with Gasteiger partial charge in [0.1, 0.15) is 17.9 Å². The minimum absolute atomic E-state index is 0.296. The lowest BCUT2D eigenvalue weighted by Crippen LogP contribution is -2.11. The fourth-order valence-electron chi connectivity index (χ4n) is 3.06. The highest BCUT2D eigenvalue weighted by atomic mass is 35.5. The van der Waals surface area contributed by atoms with Crippen LogP contribution in [0.2, 0.25) is 5.02 Å². The van der Waals surface area contributed by atoms with Crippen LogP contribution in [0.15, 0.2) is 48.8 Å². The van der Waals surface area contributed by atoms with Gasteiger partial charge in [0, 0.05) is 30.7 Å². The van der Waals surface area contributed by atoms with E-state index in [1.54, 1.807) is 26.5 Å². The monoisotopic (exact) mass is 486 g/mol. The Balaban J connectivity index is 1.92. The van der Waals surface area contributed by atoms with E-state index in [4.69, 9.17) is 22.1 Å². The molecule has 1 heterocycles. The summed E-state index contributed by atoms with van der Waals surface area (Å²) in [6, 6.07) is 11.0. The molecule has 1 aromatic heterocycles. The third-order valence-corrected chi connectivity index (χ3v) is 6.51. The standard InChI is InChI=1S/C23H28ClN6O2P/c1-30(2)11-10-15-12-20(32-3)19(13-17(15)25)28-23-26-14-16(24)22(29-23)27-18-8-6-7-9-21(18)33(4,5)31/h6-14H,25H2,1-5H3,(H2,26,27,28,29). The van der Waals surface area contributed by atoms with Crippen molar-refractivity contribution in [3.8, 4) is 5.75 Å². The molecule has 2 aromatic carbocycles. The molecular weight excluding hydrogens is 459 g/mol. The number of nitrogens with two attached hydrogens (primary N) is 1. The van der Waals surface area contributed by atoms with Crippen LogP contribution in [0.3, 0.4) is 0 Å². The molecule has 3 aromatic rings. The van der Waals surface area contributed by atoms with E-state index in [9.17, 15) is 4.57 Å². The Labute approximate surface area is 199 Å². The second kappa shape index (κ2) is 10.1. The van der Waals surface area contributed by atoms with Gasteiger partial charge in [-0.2, -0.15) is 4.98 Å². The summed E-state index contributed by atoms with van der Waals surface area (Å²) in [7, 11) is 2.93. The van der Waals surface area contributed by atoms with E-state index < -0.39 is 7.14 Å². The van der Waals surface area contributed by atoms with Gasteiger partial charge in [-0.05, 0) is 49.9 Å². The number of aromatic nitrogens is 2. The molecule has 174 valence electrons. The van der Waals surface area contributed by atoms with Gasteiger partial charge >= 0.3 is 0 Å². The number of halogens is 1. The first-order valence-corrected chi connectivity index (χ1v) is 13.1. The van der Waals surface area contributed by atoms with Crippen molar-refractivity contribution in [3.63, 3.8) is 0 Å². The Morgan fingerprint density at radius 2 is 1.88 bits per heavy atom. The number of hydrogen-bond donors (Lipinski definition) is 3. The van der Waals surface area contributed by atoms with E-state index >= 15 is 0 Å². The third-order valence-electron chi connectivity index (χ3n) is 4.69. The Hall–Kier alpha value is -3.22. The van der Waals surface area contributed by atoms with Crippen LogP contribution in [-0.4, -0.2) is 49.4 Å². The van der Waals surface area contributed by atoms with Crippen molar-refractivity contribution < 1.29 is 9.30 Å². The van der Waals surface area contributed by atoms with Crippen LogP contribution in [0.4, 0.5) is 28.8 Å². The molecule has 0 saturated carbocycles. The van der Waals surface area contributed by atoms with E-state index in [0.29, 0.717) is 44.9 Å². The van der Waals surface area contributed by atoms with Gasteiger partial charge in [0.2, 0.25) is 5.95 Å². The maximum atomic E-state index is 12.7. The molecule has 10 heteroatoms. The Morgan fingerprint density at radius 3 is 2.55 bits per heavy atom. The summed E-state index contributed by atoms with van der Waals surface area (Å²) in [6.45, 7) is 3.44. The minimum atomic E-state index is -2.51. The number of anilines is 5. The number of para-hydroxylation sites is 1. The lowest BCUT2D eigenvalue weighted by atomic mass is 10.1. The van der Waals surface area contributed by atoms with Gasteiger partial charge in [-0.15, -0.1) is 0 Å². The zero-order valence-corrected chi connectivity index (χ0v) is 20.9. The molecular formula is C23H28ClN6O2P. The van der Waals surface area contributed by atoms with E-state index in [1.807, 2.05) is 61.6 Å². The SMILES string of the molecule is COc1cc(C=CN(C)C)c(N)cc1Nc1ncc(Cl)c(Nc2ccccc2P(C)(C)=O)n1. The fourth-order valence-corrected chi connectivity index (χ4v) is 4.36. The van der Waals surface area contributed by atoms with Crippen molar-refractivity contribution in [2.75, 3.05) is 50.9 Å². The highest BCUT2D eigenvalue weighted by molar-refractivity contribution is 7.70. The number of nitrogen functional groups attached to an aromatic ring is 1. The number of rotatable bonds is 8. The summed E-state index contributed by atoms with van der Waals surface area (Å²) in [4.78, 5) is 10.7. The molecule has 8 nitrogen and oxygen atoms in total. The minimum Gasteiger partial charge on any atom is -0.495 e. The van der Waals surface area contributed by atoms with Crippen LogP contribution >= 0.6 is 18.7 Å². The molecule has 0 amide bonds. The fraction of sp³-hybridized carbons (Fsp3) is 0.217. The predicted octanol–water partition coefficient (Wildman–Crippen LogP) is 4.99. The van der Waals surface area contributed by atoms with Gasteiger partial charge < -0.3 is 30.6 Å². The summed E-state index contributed by atoms with van der Waals surface area (Å²) in [5.41, 5.74) is 8.91. The normalized spacial score (nSPS) is 11.5. The molecule has 0 saturated heterocycles. The second-order valence-electron chi connectivity index (χ2n) is 7.97. The van der Waals surface area contributed by atoms with E-state index in [-0.39, 0.29) is 0 Å². The number of ether oxygens (including phenoxy) is 1. The van der Waals surface area contributed by atoms with Gasteiger partial charge in [-0.3, -0.25) is 0 Å². The quantitative estimate of drug-likeness (QED) is 0.302. The highest BCUT2D eigenvalue weighted by Gasteiger charge is 2.17. The Morgan fingerprint density at radius 1 is 1.15 bits per heavy atom. The van der Waals surface area contributed by atoms with Crippen molar-refractivity contribution in [3.05, 3.63) is 59.4 Å². The molecule has 0 atom stereocenters. The average Bonchev–Trinajstić information content (AvgIpc) is 2.75. The summed E-state index contributed by atoms with van der Waals surface area (Å²) in [5.74, 6) is 1.26. The van der Waals surface area contributed by atoms with Gasteiger partial charge in [-0.25, -0.2) is 4.98 Å². The molecule has 4 N–H and O–H groups in total. The molecule has 0 aliphatic rings. The van der Waals surface area contributed by atoms with Crippen LogP contribution in [0.5, 0.6) is 5.75 Å². The molecule has 33 heavy (non-hydrogen) atoms. The van der Waals surface area contributed by atoms with Gasteiger partial charge in [0.25, 0.3) is 0 Å². The third kappa shape index (κ3) is 6.18. The molecule has 0 aliphatic carbocycles. The molecule has 0 radical (unpaired) electrons. The van der Waals surface area contributed by atoms with Crippen LogP contribution in [0.25, 0.3) is 6.08 Å². The average molecular weight is 487 g/mol. The maximum absolute atomic E-state index is 12.7. The first-order chi connectivity index (χ1) is 15.6. The van der Waals surface area contributed by atoms with Crippen molar-refractivity contribution in [1.82, 2.24) is 14.9 Å². The number of benzene rings is 2. The summed E-state index contributed by atoms with van der Waals surface area (Å²) < 4.78 is 18.2.